The molecule has 1 aromatic heterocycles. The van der Waals surface area contributed by atoms with Crippen LogP contribution in [0.1, 0.15) is 13.8 Å². The van der Waals surface area contributed by atoms with Crippen LogP contribution in [0, 0.1) is 0 Å². The summed E-state index contributed by atoms with van der Waals surface area (Å²) >= 11 is 5.90. The lowest BCUT2D eigenvalue weighted by Crippen LogP contribution is -2.36. The molecular formula is C20H26ClN3O5S. The second-order valence-electron chi connectivity index (χ2n) is 6.54. The molecule has 0 aliphatic rings. The zero-order valence-corrected chi connectivity index (χ0v) is 18.8. The van der Waals surface area contributed by atoms with Crippen molar-refractivity contribution < 1.29 is 17.9 Å². The summed E-state index contributed by atoms with van der Waals surface area (Å²) in [6.45, 7) is 4.36. The fourth-order valence-electron chi connectivity index (χ4n) is 2.75. The molecule has 164 valence electrons. The monoisotopic (exact) mass is 455 g/mol. The maximum absolute atomic E-state index is 12.7. The Bertz CT molecular complexity index is 1030. The minimum absolute atomic E-state index is 0.0226. The van der Waals surface area contributed by atoms with Crippen molar-refractivity contribution >= 4 is 27.5 Å². The number of aromatic nitrogens is 1. The SMILES string of the molecule is CCN(CC)S(=O)(=O)c1ccc(=O)n(CC(=O)N(C)CCOc2cccc(Cl)c2)c1. The highest BCUT2D eigenvalue weighted by molar-refractivity contribution is 7.89. The quantitative estimate of drug-likeness (QED) is 0.547. The largest absolute Gasteiger partial charge is 0.492 e. The molecule has 0 N–H and O–H groups in total. The Morgan fingerprint density at radius 1 is 1.17 bits per heavy atom. The maximum atomic E-state index is 12.7. The van der Waals surface area contributed by atoms with Crippen LogP contribution in [0.4, 0.5) is 0 Å². The molecule has 0 saturated carbocycles. The molecule has 0 radical (unpaired) electrons. The van der Waals surface area contributed by atoms with Gasteiger partial charge >= 0.3 is 0 Å². The summed E-state index contributed by atoms with van der Waals surface area (Å²) in [5.74, 6) is 0.248. The fraction of sp³-hybridized carbons (Fsp3) is 0.400. The van der Waals surface area contributed by atoms with E-state index in [2.05, 4.69) is 0 Å². The Morgan fingerprint density at radius 3 is 2.50 bits per heavy atom. The molecule has 0 unspecified atom stereocenters. The highest BCUT2D eigenvalue weighted by Gasteiger charge is 2.23. The molecule has 2 aromatic rings. The number of sulfonamides is 1. The van der Waals surface area contributed by atoms with E-state index in [9.17, 15) is 18.0 Å². The summed E-state index contributed by atoms with van der Waals surface area (Å²) < 4.78 is 33.3. The first-order valence-electron chi connectivity index (χ1n) is 9.52. The van der Waals surface area contributed by atoms with Gasteiger partial charge in [-0.05, 0) is 24.3 Å². The molecule has 0 atom stereocenters. The highest BCUT2D eigenvalue weighted by atomic mass is 35.5. The van der Waals surface area contributed by atoms with Crippen LogP contribution in [0.15, 0.2) is 52.3 Å². The number of amides is 1. The van der Waals surface area contributed by atoms with Gasteiger partial charge in [0.05, 0.1) is 11.4 Å². The smallest absolute Gasteiger partial charge is 0.251 e. The predicted octanol–water partition coefficient (Wildman–Crippen LogP) is 2.07. The number of ether oxygens (including phenoxy) is 1. The third kappa shape index (κ3) is 6.07. The molecule has 30 heavy (non-hydrogen) atoms. The average Bonchev–Trinajstić information content (AvgIpc) is 2.70. The van der Waals surface area contributed by atoms with E-state index >= 15 is 0 Å². The van der Waals surface area contributed by atoms with Crippen LogP contribution in [0.2, 0.25) is 5.02 Å². The number of likely N-dealkylation sites (N-methyl/N-ethyl adjacent to an activating group) is 1. The summed E-state index contributed by atoms with van der Waals surface area (Å²) in [7, 11) is -2.14. The van der Waals surface area contributed by atoms with E-state index in [0.717, 1.165) is 10.6 Å². The molecular weight excluding hydrogens is 430 g/mol. The van der Waals surface area contributed by atoms with Gasteiger partial charge in [0, 0.05) is 37.4 Å². The van der Waals surface area contributed by atoms with Crippen molar-refractivity contribution in [2.75, 3.05) is 33.3 Å². The standard InChI is InChI=1S/C20H26ClN3O5S/c1-4-24(5-2)30(27,28)18-9-10-19(25)23(14-18)15-20(26)22(3)11-12-29-17-8-6-7-16(21)13-17/h6-10,13-14H,4-5,11-12,15H2,1-3H3. The molecule has 0 bridgehead atoms. The Labute approximate surface area is 181 Å². The van der Waals surface area contributed by atoms with Gasteiger partial charge in [-0.25, -0.2) is 8.42 Å². The lowest BCUT2D eigenvalue weighted by molar-refractivity contribution is -0.130. The van der Waals surface area contributed by atoms with E-state index in [1.807, 2.05) is 0 Å². The zero-order chi connectivity index (χ0) is 22.3. The highest BCUT2D eigenvalue weighted by Crippen LogP contribution is 2.17. The topological polar surface area (TPSA) is 88.9 Å². The summed E-state index contributed by atoms with van der Waals surface area (Å²) in [6.07, 6.45) is 1.21. The van der Waals surface area contributed by atoms with Crippen LogP contribution in [-0.4, -0.2) is 61.4 Å². The lowest BCUT2D eigenvalue weighted by Gasteiger charge is -2.20. The van der Waals surface area contributed by atoms with Crippen molar-refractivity contribution in [3.8, 4) is 5.75 Å². The van der Waals surface area contributed by atoms with Gasteiger partial charge in [-0.15, -0.1) is 0 Å². The van der Waals surface area contributed by atoms with Gasteiger partial charge in [0.25, 0.3) is 5.56 Å². The van der Waals surface area contributed by atoms with Crippen molar-refractivity contribution in [3.05, 3.63) is 58.0 Å². The lowest BCUT2D eigenvalue weighted by atomic mass is 10.3. The Balaban J connectivity index is 2.04. The molecule has 2 rings (SSSR count). The molecule has 0 spiro atoms. The van der Waals surface area contributed by atoms with E-state index in [1.54, 1.807) is 45.2 Å². The number of carbonyl (C=O) groups excluding carboxylic acids is 1. The van der Waals surface area contributed by atoms with E-state index in [-0.39, 0.29) is 30.5 Å². The molecule has 0 aliphatic carbocycles. The van der Waals surface area contributed by atoms with Crippen LogP contribution < -0.4 is 10.3 Å². The van der Waals surface area contributed by atoms with Crippen molar-refractivity contribution in [2.24, 2.45) is 0 Å². The Morgan fingerprint density at radius 2 is 1.87 bits per heavy atom. The van der Waals surface area contributed by atoms with Gasteiger partial charge in [-0.1, -0.05) is 31.5 Å². The number of rotatable bonds is 10. The van der Waals surface area contributed by atoms with Crippen LogP contribution in [0.5, 0.6) is 5.75 Å². The number of hydrogen-bond acceptors (Lipinski definition) is 5. The van der Waals surface area contributed by atoms with Gasteiger partial charge in [-0.3, -0.25) is 9.59 Å². The van der Waals surface area contributed by atoms with E-state index in [4.69, 9.17) is 16.3 Å². The predicted molar refractivity (Wildman–Crippen MR) is 115 cm³/mol. The Hall–Kier alpha value is -2.36. The molecule has 0 saturated heterocycles. The van der Waals surface area contributed by atoms with Crippen LogP contribution >= 0.6 is 11.6 Å². The zero-order valence-electron chi connectivity index (χ0n) is 17.2. The van der Waals surface area contributed by atoms with Crippen LogP contribution in [0.3, 0.4) is 0 Å². The van der Waals surface area contributed by atoms with Gasteiger partial charge in [-0.2, -0.15) is 4.31 Å². The first-order valence-corrected chi connectivity index (χ1v) is 11.3. The molecule has 0 fully saturated rings. The number of nitrogens with zero attached hydrogens (tertiary/aromatic N) is 3. The molecule has 1 aromatic carbocycles. The van der Waals surface area contributed by atoms with Crippen molar-refractivity contribution in [1.82, 2.24) is 13.8 Å². The molecule has 8 nitrogen and oxygen atoms in total. The van der Waals surface area contributed by atoms with E-state index < -0.39 is 15.6 Å². The van der Waals surface area contributed by atoms with Crippen molar-refractivity contribution in [2.45, 2.75) is 25.3 Å². The molecule has 10 heteroatoms. The average molecular weight is 456 g/mol. The van der Waals surface area contributed by atoms with E-state index in [0.29, 0.717) is 23.9 Å². The van der Waals surface area contributed by atoms with Gasteiger partial charge in [0.1, 0.15) is 18.9 Å². The summed E-state index contributed by atoms with van der Waals surface area (Å²) in [5.41, 5.74) is -0.453. The second-order valence-corrected chi connectivity index (χ2v) is 8.92. The molecule has 1 heterocycles. The second kappa shape index (κ2) is 10.6. The molecule has 1 amide bonds. The fourth-order valence-corrected chi connectivity index (χ4v) is 4.41. The van der Waals surface area contributed by atoms with Crippen LogP contribution in [-0.2, 0) is 21.4 Å². The maximum Gasteiger partial charge on any atom is 0.251 e. The van der Waals surface area contributed by atoms with Gasteiger partial charge in [0.15, 0.2) is 0 Å². The number of pyridine rings is 1. The van der Waals surface area contributed by atoms with E-state index in [1.165, 1.54) is 21.5 Å². The van der Waals surface area contributed by atoms with Gasteiger partial charge < -0.3 is 14.2 Å². The normalized spacial score (nSPS) is 11.5. The number of carbonyl (C=O) groups is 1. The number of benzene rings is 1. The number of hydrogen-bond donors (Lipinski definition) is 0. The summed E-state index contributed by atoms with van der Waals surface area (Å²) in [5, 5.41) is 0.552. The van der Waals surface area contributed by atoms with Gasteiger partial charge in [0.2, 0.25) is 15.9 Å². The Kier molecular flexibility index (Phi) is 8.45. The van der Waals surface area contributed by atoms with Crippen molar-refractivity contribution in [3.63, 3.8) is 0 Å². The minimum Gasteiger partial charge on any atom is -0.492 e. The number of halogens is 1. The molecule has 0 aliphatic heterocycles. The first-order chi connectivity index (χ1) is 14.2. The van der Waals surface area contributed by atoms with Crippen LogP contribution in [0.25, 0.3) is 0 Å². The summed E-state index contributed by atoms with van der Waals surface area (Å²) in [4.78, 5) is 26.0. The third-order valence-electron chi connectivity index (χ3n) is 4.52. The minimum atomic E-state index is -3.73. The first kappa shape index (κ1) is 23.9. The van der Waals surface area contributed by atoms with Crippen molar-refractivity contribution in [1.29, 1.82) is 0 Å². The summed E-state index contributed by atoms with van der Waals surface area (Å²) in [6, 6.07) is 9.35. The third-order valence-corrected chi connectivity index (χ3v) is 6.79.